The average Bonchev–Trinajstić information content (AvgIpc) is 3.49. The Kier molecular flexibility index (Phi) is 5.26. The third-order valence-corrected chi connectivity index (χ3v) is 6.08. The van der Waals surface area contributed by atoms with Gasteiger partial charge in [-0.1, -0.05) is 36.4 Å². The highest BCUT2D eigenvalue weighted by molar-refractivity contribution is 6.46. The van der Waals surface area contributed by atoms with E-state index in [1.165, 1.54) is 4.90 Å². The fourth-order valence-electron chi connectivity index (χ4n) is 4.55. The number of hydrogen-bond donors (Lipinski definition) is 3. The molecule has 4 aromatic rings. The topological polar surface area (TPSA) is 98.4 Å². The van der Waals surface area contributed by atoms with Crippen molar-refractivity contribution >= 4 is 39.3 Å². The first kappa shape index (κ1) is 21.0. The molecule has 0 saturated carbocycles. The van der Waals surface area contributed by atoms with E-state index < -0.39 is 17.7 Å². The lowest BCUT2D eigenvalue weighted by atomic mass is 9.95. The van der Waals surface area contributed by atoms with Gasteiger partial charge < -0.3 is 24.7 Å². The molecule has 33 heavy (non-hydrogen) atoms. The zero-order chi connectivity index (χ0) is 23.1. The summed E-state index contributed by atoms with van der Waals surface area (Å²) in [5.41, 5.74) is 3.06. The van der Waals surface area contributed by atoms with Gasteiger partial charge in [0.15, 0.2) is 0 Å². The van der Waals surface area contributed by atoms with E-state index in [2.05, 4.69) is 9.97 Å². The van der Waals surface area contributed by atoms with Crippen LogP contribution in [-0.4, -0.2) is 50.9 Å². The Labute approximate surface area is 190 Å². The van der Waals surface area contributed by atoms with Crippen LogP contribution >= 0.6 is 0 Å². The van der Waals surface area contributed by atoms with Crippen molar-refractivity contribution < 1.29 is 19.4 Å². The molecule has 2 aromatic heterocycles. The Hall–Kier alpha value is -3.84. The number of hydrogen-bond acceptors (Lipinski definition) is 4. The molecule has 1 fully saturated rings. The summed E-state index contributed by atoms with van der Waals surface area (Å²) in [5.74, 6) is -1.52. The van der Waals surface area contributed by atoms with Crippen molar-refractivity contribution in [3.63, 3.8) is 0 Å². The maximum atomic E-state index is 13.3. The number of ketones is 1. The molecule has 1 aliphatic heterocycles. The Morgan fingerprint density at radius 2 is 1.64 bits per heavy atom. The standard InChI is InChI=1S/C26H25N3O4/c1-15(2)33-12-11-29-23(18-13-27-20-9-5-3-7-16(18)20)22(25(31)26(29)32)24(30)19-14-28-21-10-6-4-8-17(19)21/h3-10,13-15,23,27-28,30H,11-12H2,1-2H3/b24-22+. The number of ether oxygens (including phenoxy) is 1. The van der Waals surface area contributed by atoms with Crippen LogP contribution in [0.2, 0.25) is 0 Å². The number of Topliss-reactive ketones (excluding diaryl/α,β-unsaturated/α-hetero) is 1. The zero-order valence-corrected chi connectivity index (χ0v) is 18.5. The number of aliphatic hydroxyl groups excluding tert-OH is 1. The van der Waals surface area contributed by atoms with Crippen molar-refractivity contribution in [3.05, 3.63) is 77.6 Å². The van der Waals surface area contributed by atoms with Crippen LogP contribution in [0.1, 0.15) is 31.0 Å². The van der Waals surface area contributed by atoms with Crippen LogP contribution in [0.4, 0.5) is 0 Å². The predicted molar refractivity (Wildman–Crippen MR) is 127 cm³/mol. The maximum absolute atomic E-state index is 13.3. The molecule has 0 bridgehead atoms. The van der Waals surface area contributed by atoms with Crippen LogP contribution in [0.5, 0.6) is 0 Å². The summed E-state index contributed by atoms with van der Waals surface area (Å²) in [5, 5.41) is 13.1. The molecule has 1 amide bonds. The van der Waals surface area contributed by atoms with E-state index in [0.717, 1.165) is 27.4 Å². The number of para-hydroxylation sites is 2. The van der Waals surface area contributed by atoms with Crippen molar-refractivity contribution in [1.29, 1.82) is 0 Å². The molecule has 3 heterocycles. The first-order valence-electron chi connectivity index (χ1n) is 11.0. The van der Waals surface area contributed by atoms with Gasteiger partial charge in [-0.05, 0) is 26.0 Å². The molecule has 1 aliphatic rings. The summed E-state index contributed by atoms with van der Waals surface area (Å²) in [6, 6.07) is 14.5. The number of carbonyl (C=O) groups is 2. The number of rotatable bonds is 6. The van der Waals surface area contributed by atoms with Gasteiger partial charge >= 0.3 is 0 Å². The monoisotopic (exact) mass is 443 g/mol. The average molecular weight is 444 g/mol. The Bertz CT molecular complexity index is 1390. The summed E-state index contributed by atoms with van der Waals surface area (Å²) in [6.45, 7) is 4.36. The molecule has 0 aliphatic carbocycles. The molecule has 2 aromatic carbocycles. The summed E-state index contributed by atoms with van der Waals surface area (Å²) in [6.07, 6.45) is 3.47. The van der Waals surface area contributed by atoms with Gasteiger partial charge in [-0.2, -0.15) is 0 Å². The summed E-state index contributed by atoms with van der Waals surface area (Å²) in [4.78, 5) is 34.2. The Morgan fingerprint density at radius 1 is 1.00 bits per heavy atom. The van der Waals surface area contributed by atoms with Gasteiger partial charge in [0.25, 0.3) is 11.7 Å². The highest BCUT2D eigenvalue weighted by atomic mass is 16.5. The second kappa shape index (κ2) is 8.26. The zero-order valence-electron chi connectivity index (χ0n) is 18.5. The molecule has 3 N–H and O–H groups in total. The largest absolute Gasteiger partial charge is 0.507 e. The number of H-pyrrole nitrogens is 2. The van der Waals surface area contributed by atoms with Crippen LogP contribution in [0, 0.1) is 0 Å². The third kappa shape index (κ3) is 3.50. The number of aromatic nitrogens is 2. The second-order valence-corrected chi connectivity index (χ2v) is 8.45. The lowest BCUT2D eigenvalue weighted by Crippen LogP contribution is -2.33. The molecule has 0 spiro atoms. The fraction of sp³-hybridized carbons (Fsp3) is 0.231. The number of aromatic amines is 2. The van der Waals surface area contributed by atoms with Crippen LogP contribution < -0.4 is 0 Å². The molecule has 0 radical (unpaired) electrons. The van der Waals surface area contributed by atoms with Crippen LogP contribution in [0.25, 0.3) is 27.6 Å². The third-order valence-electron chi connectivity index (χ3n) is 6.08. The molecule has 7 heteroatoms. The molecule has 1 unspecified atom stereocenters. The van der Waals surface area contributed by atoms with Gasteiger partial charge in [-0.25, -0.2) is 0 Å². The van der Waals surface area contributed by atoms with Gasteiger partial charge in [-0.15, -0.1) is 0 Å². The maximum Gasteiger partial charge on any atom is 0.295 e. The Morgan fingerprint density at radius 3 is 2.36 bits per heavy atom. The van der Waals surface area contributed by atoms with E-state index in [4.69, 9.17) is 4.74 Å². The SMILES string of the molecule is CC(C)OCCN1C(=O)C(=O)/C(=C(/O)c2c[nH]c3ccccc23)C1c1c[nH]c2ccccc12. The van der Waals surface area contributed by atoms with Crippen LogP contribution in [0.15, 0.2) is 66.5 Å². The van der Waals surface area contributed by atoms with Crippen LogP contribution in [0.3, 0.4) is 0 Å². The normalized spacial score (nSPS) is 18.3. The van der Waals surface area contributed by atoms with Crippen molar-refractivity contribution in [3.8, 4) is 0 Å². The first-order valence-corrected chi connectivity index (χ1v) is 11.0. The lowest BCUT2D eigenvalue weighted by molar-refractivity contribution is -0.140. The minimum Gasteiger partial charge on any atom is -0.507 e. The van der Waals surface area contributed by atoms with Gasteiger partial charge in [-0.3, -0.25) is 9.59 Å². The minimum absolute atomic E-state index is 0.000388. The van der Waals surface area contributed by atoms with Crippen LogP contribution in [-0.2, 0) is 14.3 Å². The number of aliphatic hydroxyl groups is 1. The van der Waals surface area contributed by atoms with E-state index in [9.17, 15) is 14.7 Å². The molecule has 168 valence electrons. The molecular weight excluding hydrogens is 418 g/mol. The number of benzene rings is 2. The van der Waals surface area contributed by atoms with E-state index in [1.807, 2.05) is 62.4 Å². The van der Waals surface area contributed by atoms with Gasteiger partial charge in [0.05, 0.1) is 24.3 Å². The summed E-state index contributed by atoms with van der Waals surface area (Å²) < 4.78 is 5.67. The van der Waals surface area contributed by atoms with Crippen molar-refractivity contribution in [2.75, 3.05) is 13.2 Å². The van der Waals surface area contributed by atoms with E-state index >= 15 is 0 Å². The van der Waals surface area contributed by atoms with E-state index in [-0.39, 0.29) is 30.6 Å². The molecule has 5 rings (SSSR count). The molecule has 1 atom stereocenters. The van der Waals surface area contributed by atoms with Gasteiger partial charge in [0.1, 0.15) is 5.76 Å². The number of carbonyl (C=O) groups excluding carboxylic acids is 2. The fourth-order valence-corrected chi connectivity index (χ4v) is 4.55. The second-order valence-electron chi connectivity index (χ2n) is 8.45. The van der Waals surface area contributed by atoms with E-state index in [1.54, 1.807) is 12.4 Å². The first-order chi connectivity index (χ1) is 16.0. The van der Waals surface area contributed by atoms with Crippen molar-refractivity contribution in [1.82, 2.24) is 14.9 Å². The summed E-state index contributed by atoms with van der Waals surface area (Å²) >= 11 is 0. The highest BCUT2D eigenvalue weighted by Gasteiger charge is 2.46. The number of fused-ring (bicyclic) bond motifs is 2. The molecular formula is C26H25N3O4. The number of nitrogens with one attached hydrogen (secondary N) is 2. The number of likely N-dealkylation sites (tertiary alicyclic amines) is 1. The number of nitrogens with zero attached hydrogens (tertiary/aromatic N) is 1. The minimum atomic E-state index is -0.731. The lowest BCUT2D eigenvalue weighted by Gasteiger charge is -2.25. The number of amides is 1. The van der Waals surface area contributed by atoms with Gasteiger partial charge in [0.2, 0.25) is 0 Å². The van der Waals surface area contributed by atoms with Gasteiger partial charge in [0, 0.05) is 51.9 Å². The quantitative estimate of drug-likeness (QED) is 0.232. The van der Waals surface area contributed by atoms with E-state index in [0.29, 0.717) is 5.56 Å². The summed E-state index contributed by atoms with van der Waals surface area (Å²) in [7, 11) is 0. The molecule has 1 saturated heterocycles. The predicted octanol–water partition coefficient (Wildman–Crippen LogP) is 4.50. The smallest absolute Gasteiger partial charge is 0.295 e. The van der Waals surface area contributed by atoms with Crippen molar-refractivity contribution in [2.24, 2.45) is 0 Å². The molecule has 7 nitrogen and oxygen atoms in total. The Balaban J connectivity index is 1.68. The van der Waals surface area contributed by atoms with Crippen molar-refractivity contribution in [2.45, 2.75) is 26.0 Å². The highest BCUT2D eigenvalue weighted by Crippen LogP contribution is 2.42.